The third-order valence-electron chi connectivity index (χ3n) is 2.39. The Morgan fingerprint density at radius 1 is 1.69 bits per heavy atom. The maximum absolute atomic E-state index is 5.41. The zero-order chi connectivity index (χ0) is 9.68. The molecule has 4 heteroatoms. The van der Waals surface area contributed by atoms with Gasteiger partial charge in [-0.15, -0.1) is 0 Å². The van der Waals surface area contributed by atoms with Gasteiger partial charge in [-0.05, 0) is 25.7 Å². The van der Waals surface area contributed by atoms with Crippen molar-refractivity contribution in [2.24, 2.45) is 16.8 Å². The summed E-state index contributed by atoms with van der Waals surface area (Å²) in [7, 11) is 0. The third-order valence-corrected chi connectivity index (χ3v) is 2.39. The van der Waals surface area contributed by atoms with Crippen LogP contribution in [-0.4, -0.2) is 30.5 Å². The normalized spacial score (nSPS) is 24.7. The summed E-state index contributed by atoms with van der Waals surface area (Å²) in [5, 5.41) is 0. The number of aliphatic imine (C=N–C) groups is 1. The predicted octanol–water partition coefficient (Wildman–Crippen LogP) is 0.558. The molecule has 0 bridgehead atoms. The predicted molar refractivity (Wildman–Crippen MR) is 55.3 cm³/mol. The van der Waals surface area contributed by atoms with Gasteiger partial charge < -0.3 is 4.90 Å². The van der Waals surface area contributed by atoms with Crippen LogP contribution in [0.15, 0.2) is 4.99 Å². The molecule has 76 valence electrons. The Labute approximate surface area is 80.2 Å². The Hall–Kier alpha value is -0.770. The second kappa shape index (κ2) is 5.07. The Morgan fingerprint density at radius 3 is 3.00 bits per heavy atom. The summed E-state index contributed by atoms with van der Waals surface area (Å²) in [6, 6.07) is 0. The van der Waals surface area contributed by atoms with Crippen molar-refractivity contribution >= 4 is 5.96 Å². The summed E-state index contributed by atoms with van der Waals surface area (Å²) in [5.74, 6) is 7.01. The molecule has 0 aromatic heterocycles. The quantitative estimate of drug-likeness (QED) is 0.271. The molecule has 1 heterocycles. The van der Waals surface area contributed by atoms with Gasteiger partial charge in [0.15, 0.2) is 0 Å². The van der Waals surface area contributed by atoms with Gasteiger partial charge in [0.25, 0.3) is 0 Å². The molecule has 3 N–H and O–H groups in total. The van der Waals surface area contributed by atoms with Crippen molar-refractivity contribution in [1.82, 2.24) is 10.3 Å². The number of guanidine groups is 1. The van der Waals surface area contributed by atoms with Gasteiger partial charge in [0.2, 0.25) is 5.96 Å². The van der Waals surface area contributed by atoms with Gasteiger partial charge in [0.05, 0.1) is 0 Å². The molecule has 0 aromatic rings. The lowest BCUT2D eigenvalue weighted by Crippen LogP contribution is -2.48. The number of nitrogens with one attached hydrogen (secondary N) is 1. The number of nitrogens with two attached hydrogens (primary N) is 1. The molecule has 1 unspecified atom stereocenters. The Bertz CT molecular complexity index is 178. The van der Waals surface area contributed by atoms with Crippen LogP contribution in [0.25, 0.3) is 0 Å². The first-order valence-corrected chi connectivity index (χ1v) is 5.04. The van der Waals surface area contributed by atoms with Crippen molar-refractivity contribution in [3.8, 4) is 0 Å². The van der Waals surface area contributed by atoms with Crippen LogP contribution in [-0.2, 0) is 0 Å². The standard InChI is InChI=1S/C9H20N4/c1-3-11-9(12-10)13-6-4-5-8(2)7-13/h8H,3-7,10H2,1-2H3,(H,11,12). The van der Waals surface area contributed by atoms with Gasteiger partial charge in [-0.2, -0.15) is 0 Å². The summed E-state index contributed by atoms with van der Waals surface area (Å²) < 4.78 is 0. The molecular formula is C9H20N4. The molecule has 0 amide bonds. The lowest BCUT2D eigenvalue weighted by atomic mass is 10.0. The largest absolute Gasteiger partial charge is 0.342 e. The van der Waals surface area contributed by atoms with E-state index < -0.39 is 0 Å². The van der Waals surface area contributed by atoms with Gasteiger partial charge in [-0.1, -0.05) is 6.92 Å². The van der Waals surface area contributed by atoms with Crippen LogP contribution in [0.2, 0.25) is 0 Å². The Kier molecular flexibility index (Phi) is 4.02. The minimum atomic E-state index is 0.754. The monoisotopic (exact) mass is 184 g/mol. The molecule has 1 atom stereocenters. The zero-order valence-corrected chi connectivity index (χ0v) is 8.58. The molecule has 13 heavy (non-hydrogen) atoms. The van der Waals surface area contributed by atoms with Crippen molar-refractivity contribution in [3.63, 3.8) is 0 Å². The van der Waals surface area contributed by atoms with Crippen molar-refractivity contribution in [2.75, 3.05) is 19.6 Å². The molecule has 0 radical (unpaired) electrons. The van der Waals surface area contributed by atoms with Crippen LogP contribution >= 0.6 is 0 Å². The number of likely N-dealkylation sites (tertiary alicyclic amines) is 1. The third kappa shape index (κ3) is 2.88. The minimum Gasteiger partial charge on any atom is -0.342 e. The van der Waals surface area contributed by atoms with Gasteiger partial charge in [-0.25, -0.2) is 5.84 Å². The van der Waals surface area contributed by atoms with Crippen molar-refractivity contribution in [2.45, 2.75) is 26.7 Å². The number of rotatable bonds is 1. The smallest absolute Gasteiger partial charge is 0.208 e. The highest BCUT2D eigenvalue weighted by Gasteiger charge is 2.18. The molecule has 0 aliphatic carbocycles. The van der Waals surface area contributed by atoms with E-state index in [0.717, 1.165) is 31.5 Å². The summed E-state index contributed by atoms with van der Waals surface area (Å²) in [6.45, 7) is 7.22. The fraction of sp³-hybridized carbons (Fsp3) is 0.889. The second-order valence-corrected chi connectivity index (χ2v) is 3.64. The van der Waals surface area contributed by atoms with Gasteiger partial charge in [0, 0.05) is 19.6 Å². The highest BCUT2D eigenvalue weighted by atomic mass is 15.4. The lowest BCUT2D eigenvalue weighted by Gasteiger charge is -2.32. The number of piperidine rings is 1. The molecule has 0 aromatic carbocycles. The average molecular weight is 184 g/mol. The van der Waals surface area contributed by atoms with E-state index in [9.17, 15) is 0 Å². The van der Waals surface area contributed by atoms with Crippen LogP contribution in [0.5, 0.6) is 0 Å². The zero-order valence-electron chi connectivity index (χ0n) is 8.58. The van der Waals surface area contributed by atoms with Crippen molar-refractivity contribution in [1.29, 1.82) is 0 Å². The Morgan fingerprint density at radius 2 is 2.46 bits per heavy atom. The molecule has 1 aliphatic rings. The van der Waals surface area contributed by atoms with Crippen LogP contribution < -0.4 is 11.3 Å². The maximum atomic E-state index is 5.41. The van der Waals surface area contributed by atoms with E-state index in [1.54, 1.807) is 0 Å². The average Bonchev–Trinajstić information content (AvgIpc) is 2.14. The van der Waals surface area contributed by atoms with Gasteiger partial charge >= 0.3 is 0 Å². The lowest BCUT2D eigenvalue weighted by molar-refractivity contribution is 0.266. The summed E-state index contributed by atoms with van der Waals surface area (Å²) in [5.41, 5.74) is 2.67. The van der Waals surface area contributed by atoms with Crippen molar-refractivity contribution in [3.05, 3.63) is 0 Å². The molecule has 1 saturated heterocycles. The first-order chi connectivity index (χ1) is 6.27. The molecule has 1 rings (SSSR count). The SMILES string of the molecule is CCN=C(NN)N1CCCC(C)C1. The van der Waals surface area contributed by atoms with Crippen LogP contribution in [0.3, 0.4) is 0 Å². The first kappa shape index (κ1) is 10.3. The van der Waals surface area contributed by atoms with E-state index in [4.69, 9.17) is 5.84 Å². The fourth-order valence-corrected chi connectivity index (χ4v) is 1.77. The van der Waals surface area contributed by atoms with Crippen molar-refractivity contribution < 1.29 is 0 Å². The van der Waals surface area contributed by atoms with E-state index in [-0.39, 0.29) is 0 Å². The topological polar surface area (TPSA) is 53.6 Å². The molecule has 1 fully saturated rings. The molecule has 4 nitrogen and oxygen atoms in total. The van der Waals surface area contributed by atoms with Crippen LogP contribution in [0, 0.1) is 5.92 Å². The summed E-state index contributed by atoms with van der Waals surface area (Å²) in [4.78, 5) is 6.54. The summed E-state index contributed by atoms with van der Waals surface area (Å²) in [6.07, 6.45) is 2.56. The van der Waals surface area contributed by atoms with E-state index in [1.165, 1.54) is 12.8 Å². The summed E-state index contributed by atoms with van der Waals surface area (Å²) >= 11 is 0. The number of hydrogen-bond donors (Lipinski definition) is 2. The molecular weight excluding hydrogens is 164 g/mol. The second-order valence-electron chi connectivity index (χ2n) is 3.64. The fourth-order valence-electron chi connectivity index (χ4n) is 1.77. The maximum Gasteiger partial charge on any atom is 0.208 e. The van der Waals surface area contributed by atoms with E-state index in [1.807, 2.05) is 6.92 Å². The minimum absolute atomic E-state index is 0.754. The number of nitrogens with zero attached hydrogens (tertiary/aromatic N) is 2. The van der Waals surface area contributed by atoms with E-state index in [0.29, 0.717) is 0 Å². The number of hydrazine groups is 1. The van der Waals surface area contributed by atoms with Crippen LogP contribution in [0.1, 0.15) is 26.7 Å². The highest BCUT2D eigenvalue weighted by Crippen LogP contribution is 2.14. The van der Waals surface area contributed by atoms with Gasteiger partial charge in [-0.3, -0.25) is 10.4 Å². The molecule has 0 saturated carbocycles. The molecule has 1 aliphatic heterocycles. The Balaban J connectivity index is 2.52. The van der Waals surface area contributed by atoms with Crippen LogP contribution in [0.4, 0.5) is 0 Å². The first-order valence-electron chi connectivity index (χ1n) is 5.04. The van der Waals surface area contributed by atoms with Gasteiger partial charge in [0.1, 0.15) is 0 Å². The highest BCUT2D eigenvalue weighted by molar-refractivity contribution is 5.79. The van der Waals surface area contributed by atoms with E-state index >= 15 is 0 Å². The number of hydrogen-bond acceptors (Lipinski definition) is 2. The van der Waals surface area contributed by atoms with E-state index in [2.05, 4.69) is 22.2 Å². The molecule has 0 spiro atoms.